The zero-order valence-corrected chi connectivity index (χ0v) is 8.81. The van der Waals surface area contributed by atoms with E-state index in [1.54, 1.807) is 19.5 Å². The first-order valence-corrected chi connectivity index (χ1v) is 5.15. The Hall–Kier alpha value is -1.36. The normalized spacial score (nSPS) is 25.4. The number of hydrogen-bond donors (Lipinski definition) is 2. The quantitative estimate of drug-likeness (QED) is 0.776. The van der Waals surface area contributed by atoms with Crippen LogP contribution in [0.25, 0.3) is 0 Å². The van der Waals surface area contributed by atoms with Crippen LogP contribution >= 0.6 is 0 Å². The number of nitrogens with zero attached hydrogens (tertiary/aromatic N) is 2. The predicted molar refractivity (Wildman–Crippen MR) is 58.5 cm³/mol. The van der Waals surface area contributed by atoms with Crippen molar-refractivity contribution in [1.82, 2.24) is 9.97 Å². The van der Waals surface area contributed by atoms with E-state index in [2.05, 4.69) is 15.3 Å². The highest BCUT2D eigenvalue weighted by atomic mass is 16.5. The van der Waals surface area contributed by atoms with Gasteiger partial charge in [-0.3, -0.25) is 0 Å². The van der Waals surface area contributed by atoms with E-state index in [0.29, 0.717) is 23.8 Å². The van der Waals surface area contributed by atoms with Crippen LogP contribution in [0.2, 0.25) is 0 Å². The van der Waals surface area contributed by atoms with Crippen LogP contribution in [0.1, 0.15) is 19.3 Å². The van der Waals surface area contributed by atoms with Crippen molar-refractivity contribution >= 4 is 11.6 Å². The van der Waals surface area contributed by atoms with Crippen molar-refractivity contribution in [2.45, 2.75) is 31.4 Å². The maximum atomic E-state index is 5.51. The molecule has 1 aliphatic carbocycles. The molecular weight excluding hydrogens is 192 g/mol. The van der Waals surface area contributed by atoms with E-state index in [4.69, 9.17) is 10.5 Å². The lowest BCUT2D eigenvalue weighted by atomic mass is 10.2. The molecule has 3 N–H and O–H groups in total. The van der Waals surface area contributed by atoms with E-state index >= 15 is 0 Å². The van der Waals surface area contributed by atoms with E-state index in [1.165, 1.54) is 0 Å². The number of nitrogens with two attached hydrogens (primary N) is 1. The lowest BCUT2D eigenvalue weighted by Gasteiger charge is -2.12. The van der Waals surface area contributed by atoms with Gasteiger partial charge in [0.25, 0.3) is 0 Å². The van der Waals surface area contributed by atoms with Gasteiger partial charge in [0.1, 0.15) is 0 Å². The fourth-order valence-electron chi connectivity index (χ4n) is 1.88. The molecule has 0 amide bonds. The average molecular weight is 208 g/mol. The first-order chi connectivity index (χ1) is 7.28. The van der Waals surface area contributed by atoms with Crippen LogP contribution in [0, 0.1) is 0 Å². The van der Waals surface area contributed by atoms with Crippen molar-refractivity contribution in [3.63, 3.8) is 0 Å². The summed E-state index contributed by atoms with van der Waals surface area (Å²) in [6, 6.07) is 0.415. The maximum absolute atomic E-state index is 5.51. The molecule has 2 atom stereocenters. The molecule has 1 fully saturated rings. The van der Waals surface area contributed by atoms with Crippen molar-refractivity contribution in [2.24, 2.45) is 0 Å². The van der Waals surface area contributed by atoms with Gasteiger partial charge in [0, 0.05) is 13.2 Å². The van der Waals surface area contributed by atoms with E-state index in [-0.39, 0.29) is 0 Å². The summed E-state index contributed by atoms with van der Waals surface area (Å²) >= 11 is 0. The highest BCUT2D eigenvalue weighted by Crippen LogP contribution is 2.23. The molecule has 1 heterocycles. The Morgan fingerprint density at radius 1 is 1.40 bits per heavy atom. The van der Waals surface area contributed by atoms with Crippen LogP contribution in [0.15, 0.2) is 12.4 Å². The highest BCUT2D eigenvalue weighted by Gasteiger charge is 2.24. The number of nitrogen functional groups attached to an aromatic ring is 1. The lowest BCUT2D eigenvalue weighted by molar-refractivity contribution is 0.108. The standard InChI is InChI=1S/C10H16N4O/c1-15-9-3-2-8(4-9)14-10-12-5-7(11)6-13-10/h5-6,8-9H,2-4,11H2,1H3,(H,12,13,14). The van der Waals surface area contributed by atoms with Gasteiger partial charge in [-0.1, -0.05) is 0 Å². The summed E-state index contributed by atoms with van der Waals surface area (Å²) < 4.78 is 5.30. The summed E-state index contributed by atoms with van der Waals surface area (Å²) in [5.74, 6) is 0.644. The van der Waals surface area contributed by atoms with E-state index in [9.17, 15) is 0 Å². The number of rotatable bonds is 3. The summed E-state index contributed by atoms with van der Waals surface area (Å²) in [6.45, 7) is 0. The van der Waals surface area contributed by atoms with Crippen LogP contribution < -0.4 is 11.1 Å². The molecule has 1 aromatic rings. The molecule has 0 bridgehead atoms. The van der Waals surface area contributed by atoms with Gasteiger partial charge in [0.05, 0.1) is 24.2 Å². The smallest absolute Gasteiger partial charge is 0.222 e. The summed E-state index contributed by atoms with van der Waals surface area (Å²) in [5, 5.41) is 3.27. The van der Waals surface area contributed by atoms with E-state index in [1.807, 2.05) is 0 Å². The van der Waals surface area contributed by atoms with Gasteiger partial charge in [-0.25, -0.2) is 9.97 Å². The summed E-state index contributed by atoms with van der Waals surface area (Å²) in [6.07, 6.45) is 6.81. The average Bonchev–Trinajstić information content (AvgIpc) is 2.69. The number of nitrogens with one attached hydrogen (secondary N) is 1. The number of hydrogen-bond acceptors (Lipinski definition) is 5. The SMILES string of the molecule is COC1CCC(Nc2ncc(N)cn2)C1. The number of aromatic nitrogens is 2. The van der Waals surface area contributed by atoms with Crippen molar-refractivity contribution in [3.05, 3.63) is 12.4 Å². The summed E-state index contributed by atoms with van der Waals surface area (Å²) in [5.41, 5.74) is 6.09. The molecule has 82 valence electrons. The molecule has 1 saturated carbocycles. The second kappa shape index (κ2) is 4.44. The van der Waals surface area contributed by atoms with Crippen molar-refractivity contribution in [2.75, 3.05) is 18.2 Å². The van der Waals surface area contributed by atoms with Crippen LogP contribution in [0.4, 0.5) is 11.6 Å². The number of anilines is 2. The zero-order chi connectivity index (χ0) is 10.7. The third-order valence-corrected chi connectivity index (χ3v) is 2.72. The molecule has 1 aliphatic rings. The van der Waals surface area contributed by atoms with Crippen molar-refractivity contribution < 1.29 is 4.74 Å². The second-order valence-electron chi connectivity index (χ2n) is 3.85. The van der Waals surface area contributed by atoms with Gasteiger partial charge in [-0.15, -0.1) is 0 Å². The van der Waals surface area contributed by atoms with Crippen molar-refractivity contribution in [1.29, 1.82) is 0 Å². The zero-order valence-electron chi connectivity index (χ0n) is 8.81. The molecule has 2 unspecified atom stereocenters. The molecule has 15 heavy (non-hydrogen) atoms. The minimum absolute atomic E-state index is 0.372. The Balaban J connectivity index is 1.90. The molecule has 5 heteroatoms. The molecular formula is C10H16N4O. The molecule has 1 aromatic heterocycles. The summed E-state index contributed by atoms with van der Waals surface area (Å²) in [4.78, 5) is 8.21. The molecule has 0 radical (unpaired) electrons. The molecule has 0 saturated heterocycles. The van der Waals surface area contributed by atoms with E-state index < -0.39 is 0 Å². The highest BCUT2D eigenvalue weighted by molar-refractivity contribution is 5.36. The Bertz CT molecular complexity index is 314. The monoisotopic (exact) mass is 208 g/mol. The second-order valence-corrected chi connectivity index (χ2v) is 3.85. The van der Waals surface area contributed by atoms with Gasteiger partial charge < -0.3 is 15.8 Å². The Labute approximate surface area is 89.1 Å². The first kappa shape index (κ1) is 10.2. The van der Waals surface area contributed by atoms with Gasteiger partial charge in [-0.05, 0) is 19.3 Å². The Morgan fingerprint density at radius 3 is 2.73 bits per heavy atom. The van der Waals surface area contributed by atoms with Gasteiger partial charge >= 0.3 is 0 Å². The van der Waals surface area contributed by atoms with Gasteiger partial charge in [0.15, 0.2) is 0 Å². The van der Waals surface area contributed by atoms with Crippen LogP contribution in [-0.4, -0.2) is 29.2 Å². The predicted octanol–water partition coefficient (Wildman–Crippen LogP) is 1.04. The largest absolute Gasteiger partial charge is 0.396 e. The first-order valence-electron chi connectivity index (χ1n) is 5.15. The Morgan fingerprint density at radius 2 is 2.13 bits per heavy atom. The van der Waals surface area contributed by atoms with Crippen LogP contribution in [0.5, 0.6) is 0 Å². The minimum atomic E-state index is 0.372. The Kier molecular flexibility index (Phi) is 3.01. The molecule has 2 rings (SSSR count). The van der Waals surface area contributed by atoms with Crippen LogP contribution in [0.3, 0.4) is 0 Å². The number of ether oxygens (including phenoxy) is 1. The van der Waals surface area contributed by atoms with E-state index in [0.717, 1.165) is 19.3 Å². The lowest BCUT2D eigenvalue weighted by Crippen LogP contribution is -2.18. The maximum Gasteiger partial charge on any atom is 0.222 e. The van der Waals surface area contributed by atoms with Gasteiger partial charge in [-0.2, -0.15) is 0 Å². The fraction of sp³-hybridized carbons (Fsp3) is 0.600. The molecule has 5 nitrogen and oxygen atoms in total. The summed E-state index contributed by atoms with van der Waals surface area (Å²) in [7, 11) is 1.76. The fourth-order valence-corrected chi connectivity index (χ4v) is 1.88. The minimum Gasteiger partial charge on any atom is -0.396 e. The molecule has 0 aliphatic heterocycles. The van der Waals surface area contributed by atoms with Crippen molar-refractivity contribution in [3.8, 4) is 0 Å². The number of methoxy groups -OCH3 is 1. The molecule has 0 aromatic carbocycles. The topological polar surface area (TPSA) is 73.1 Å². The molecule has 0 spiro atoms. The third-order valence-electron chi connectivity index (χ3n) is 2.72. The third kappa shape index (κ3) is 2.56. The van der Waals surface area contributed by atoms with Crippen LogP contribution in [-0.2, 0) is 4.74 Å². The van der Waals surface area contributed by atoms with Gasteiger partial charge in [0.2, 0.25) is 5.95 Å².